The summed E-state index contributed by atoms with van der Waals surface area (Å²) in [6.07, 6.45) is -5.39. The number of benzene rings is 2. The fourth-order valence-corrected chi connectivity index (χ4v) is 5.04. The lowest BCUT2D eigenvalue weighted by Gasteiger charge is -2.33. The van der Waals surface area contributed by atoms with E-state index in [-0.39, 0.29) is 42.1 Å². The number of anilines is 1. The van der Waals surface area contributed by atoms with E-state index in [0.717, 1.165) is 18.9 Å². The minimum absolute atomic E-state index is 0.0340. The Hall–Kier alpha value is -3.15. The van der Waals surface area contributed by atoms with Crippen LogP contribution in [0.4, 0.5) is 32.0 Å². The van der Waals surface area contributed by atoms with Crippen LogP contribution in [-0.2, 0) is 15.7 Å². The Bertz CT molecular complexity index is 1120. The highest BCUT2D eigenvalue weighted by Crippen LogP contribution is 2.34. The van der Waals surface area contributed by atoms with Gasteiger partial charge in [0.1, 0.15) is 24.2 Å². The van der Waals surface area contributed by atoms with Crippen molar-refractivity contribution in [2.75, 3.05) is 25.0 Å². The Morgan fingerprint density at radius 3 is 2.10 bits per heavy atom. The molecule has 1 aliphatic carbocycles. The number of hydrogen-bond acceptors (Lipinski definition) is 5. The number of halogens is 6. The SMILES string of the molecule is Cc1ccc(NC2CCC(OCC(=O)N3CCC(Oc4ccc(OC(F)(F)F)cc4)CC3)CC2)cc1C(F)(F)F. The van der Waals surface area contributed by atoms with Gasteiger partial charge in [0, 0.05) is 37.7 Å². The Morgan fingerprint density at radius 2 is 1.50 bits per heavy atom. The number of carbonyl (C=O) groups is 1. The molecule has 1 aliphatic heterocycles. The third kappa shape index (κ3) is 8.67. The number of alkyl halides is 6. The third-order valence-corrected chi connectivity index (χ3v) is 7.19. The van der Waals surface area contributed by atoms with Gasteiger partial charge in [0.25, 0.3) is 0 Å². The highest BCUT2D eigenvalue weighted by molar-refractivity contribution is 5.77. The maximum absolute atomic E-state index is 13.2. The van der Waals surface area contributed by atoms with Crippen LogP contribution in [0.25, 0.3) is 0 Å². The maximum Gasteiger partial charge on any atom is 0.573 e. The van der Waals surface area contributed by atoms with Crippen LogP contribution in [0.15, 0.2) is 42.5 Å². The van der Waals surface area contributed by atoms with Crippen molar-refractivity contribution in [2.24, 2.45) is 0 Å². The van der Waals surface area contributed by atoms with Crippen LogP contribution in [0.1, 0.15) is 49.7 Å². The normalized spacial score (nSPS) is 20.7. The fraction of sp³-hybridized carbons (Fsp3) is 0.536. The van der Waals surface area contributed by atoms with Gasteiger partial charge in [0.2, 0.25) is 5.91 Å². The molecule has 1 saturated carbocycles. The molecule has 1 saturated heterocycles. The smallest absolute Gasteiger partial charge is 0.490 e. The first-order chi connectivity index (χ1) is 18.9. The molecule has 220 valence electrons. The molecule has 0 bridgehead atoms. The number of hydrogen-bond donors (Lipinski definition) is 1. The van der Waals surface area contributed by atoms with Gasteiger partial charge in [-0.2, -0.15) is 13.2 Å². The Morgan fingerprint density at radius 1 is 0.875 bits per heavy atom. The summed E-state index contributed by atoms with van der Waals surface area (Å²) in [5, 5.41) is 3.20. The van der Waals surface area contributed by atoms with Crippen LogP contribution in [0.2, 0.25) is 0 Å². The van der Waals surface area contributed by atoms with Crippen molar-refractivity contribution in [3.05, 3.63) is 53.6 Å². The second-order valence-corrected chi connectivity index (χ2v) is 10.2. The zero-order valence-corrected chi connectivity index (χ0v) is 22.0. The summed E-state index contributed by atoms with van der Waals surface area (Å²) in [5.74, 6) is -0.0154. The van der Waals surface area contributed by atoms with E-state index >= 15 is 0 Å². The Labute approximate surface area is 228 Å². The average molecular weight is 575 g/mol. The standard InChI is InChI=1S/C28H32F6N2O4/c1-18-2-3-20(16-25(18)27(29,30)31)35-19-4-6-21(7-5-19)38-17-26(37)36-14-12-23(13-15-36)39-22-8-10-24(11-9-22)40-28(32,33)34/h2-3,8-11,16,19,21,23,35H,4-7,12-15,17H2,1H3. The minimum Gasteiger partial charge on any atom is -0.490 e. The predicted octanol–water partition coefficient (Wildman–Crippen LogP) is 6.72. The summed E-state index contributed by atoms with van der Waals surface area (Å²) in [4.78, 5) is 14.4. The molecule has 2 fully saturated rings. The zero-order chi connectivity index (χ0) is 28.9. The van der Waals surface area contributed by atoms with Crippen molar-refractivity contribution in [1.29, 1.82) is 0 Å². The van der Waals surface area contributed by atoms with Crippen LogP contribution in [-0.4, -0.2) is 55.1 Å². The van der Waals surface area contributed by atoms with Gasteiger partial charge in [0.05, 0.1) is 11.7 Å². The molecule has 2 aliphatic rings. The highest BCUT2D eigenvalue weighted by atomic mass is 19.4. The first-order valence-electron chi connectivity index (χ1n) is 13.2. The number of carbonyl (C=O) groups excluding carboxylic acids is 1. The second-order valence-electron chi connectivity index (χ2n) is 10.2. The van der Waals surface area contributed by atoms with E-state index in [9.17, 15) is 31.1 Å². The highest BCUT2D eigenvalue weighted by Gasteiger charge is 2.33. The lowest BCUT2D eigenvalue weighted by Crippen LogP contribution is -2.44. The molecule has 1 amide bonds. The largest absolute Gasteiger partial charge is 0.573 e. The molecule has 12 heteroatoms. The van der Waals surface area contributed by atoms with Crippen molar-refractivity contribution in [3.63, 3.8) is 0 Å². The average Bonchev–Trinajstić information content (AvgIpc) is 2.89. The summed E-state index contributed by atoms with van der Waals surface area (Å²) < 4.78 is 92.0. The summed E-state index contributed by atoms with van der Waals surface area (Å²) in [5.41, 5.74) is -0.0145. The van der Waals surface area contributed by atoms with E-state index in [1.54, 1.807) is 11.0 Å². The van der Waals surface area contributed by atoms with Crippen LogP contribution >= 0.6 is 0 Å². The molecule has 40 heavy (non-hydrogen) atoms. The third-order valence-electron chi connectivity index (χ3n) is 7.19. The molecule has 0 unspecified atom stereocenters. The van der Waals surface area contributed by atoms with Gasteiger partial charge in [-0.15, -0.1) is 13.2 Å². The molecule has 0 radical (unpaired) electrons. The molecule has 0 spiro atoms. The van der Waals surface area contributed by atoms with Crippen LogP contribution in [0.5, 0.6) is 11.5 Å². The van der Waals surface area contributed by atoms with Crippen LogP contribution in [0.3, 0.4) is 0 Å². The number of piperidine rings is 1. The molecule has 6 nitrogen and oxygen atoms in total. The van der Waals surface area contributed by atoms with Gasteiger partial charge in [-0.05, 0) is 74.6 Å². The van der Waals surface area contributed by atoms with Crippen LogP contribution in [0, 0.1) is 6.92 Å². The molecule has 0 atom stereocenters. The van der Waals surface area contributed by atoms with Gasteiger partial charge in [-0.3, -0.25) is 4.79 Å². The van der Waals surface area contributed by atoms with E-state index in [2.05, 4.69) is 10.1 Å². The first-order valence-corrected chi connectivity index (χ1v) is 13.2. The summed E-state index contributed by atoms with van der Waals surface area (Å²) in [6.45, 7) is 2.36. The first kappa shape index (κ1) is 29.8. The van der Waals surface area contributed by atoms with E-state index in [1.165, 1.54) is 37.3 Å². The van der Waals surface area contributed by atoms with Crippen molar-refractivity contribution in [1.82, 2.24) is 4.90 Å². The van der Waals surface area contributed by atoms with Crippen LogP contribution < -0.4 is 14.8 Å². The summed E-state index contributed by atoms with van der Waals surface area (Å²) in [7, 11) is 0. The van der Waals surface area contributed by atoms with Crippen molar-refractivity contribution in [3.8, 4) is 11.5 Å². The molecule has 1 heterocycles. The van der Waals surface area contributed by atoms with Crippen molar-refractivity contribution < 1.29 is 45.3 Å². The van der Waals surface area contributed by atoms with Gasteiger partial charge in [-0.1, -0.05) is 6.07 Å². The molecular weight excluding hydrogens is 542 g/mol. The number of amides is 1. The summed E-state index contributed by atoms with van der Waals surface area (Å²) in [6, 6.07) is 9.51. The lowest BCUT2D eigenvalue weighted by molar-refractivity contribution is -0.274. The van der Waals surface area contributed by atoms with Crippen molar-refractivity contribution >= 4 is 11.6 Å². The second kappa shape index (κ2) is 12.6. The fourth-order valence-electron chi connectivity index (χ4n) is 5.04. The van der Waals surface area contributed by atoms with E-state index in [0.29, 0.717) is 50.2 Å². The number of rotatable bonds is 8. The zero-order valence-electron chi connectivity index (χ0n) is 22.0. The Balaban J connectivity index is 1.14. The molecule has 2 aromatic carbocycles. The number of likely N-dealkylation sites (tertiary alicyclic amines) is 1. The van der Waals surface area contributed by atoms with Gasteiger partial charge in [-0.25, -0.2) is 0 Å². The van der Waals surface area contributed by atoms with Gasteiger partial charge in [0.15, 0.2) is 0 Å². The van der Waals surface area contributed by atoms with E-state index in [1.807, 2.05) is 0 Å². The number of ether oxygens (including phenoxy) is 3. The van der Waals surface area contributed by atoms with Crippen molar-refractivity contribution in [2.45, 2.75) is 76.2 Å². The molecular formula is C28H32F6N2O4. The summed E-state index contributed by atoms with van der Waals surface area (Å²) >= 11 is 0. The molecule has 4 rings (SSSR count). The van der Waals surface area contributed by atoms with Gasteiger partial charge < -0.3 is 24.4 Å². The monoisotopic (exact) mass is 574 g/mol. The number of aryl methyl sites for hydroxylation is 1. The molecule has 2 aromatic rings. The van der Waals surface area contributed by atoms with E-state index in [4.69, 9.17) is 9.47 Å². The number of nitrogens with zero attached hydrogens (tertiary/aromatic N) is 1. The van der Waals surface area contributed by atoms with Gasteiger partial charge >= 0.3 is 12.5 Å². The number of nitrogens with one attached hydrogen (secondary N) is 1. The molecule has 0 aromatic heterocycles. The molecule has 1 N–H and O–H groups in total. The minimum atomic E-state index is -4.75. The quantitative estimate of drug-likeness (QED) is 0.355. The van der Waals surface area contributed by atoms with E-state index < -0.39 is 18.1 Å². The maximum atomic E-state index is 13.2. The topological polar surface area (TPSA) is 60.0 Å². The Kier molecular flexibility index (Phi) is 9.37. The lowest BCUT2D eigenvalue weighted by atomic mass is 9.92. The predicted molar refractivity (Wildman–Crippen MR) is 135 cm³/mol.